The van der Waals surface area contributed by atoms with Crippen LogP contribution in [0.25, 0.3) is 0 Å². The molecule has 0 aliphatic rings. The number of rotatable bonds is 4. The highest BCUT2D eigenvalue weighted by Crippen LogP contribution is 2.23. The van der Waals surface area contributed by atoms with Gasteiger partial charge in [-0.3, -0.25) is 4.79 Å². The molecule has 0 saturated heterocycles. The van der Waals surface area contributed by atoms with Crippen molar-refractivity contribution in [3.05, 3.63) is 69.2 Å². The summed E-state index contributed by atoms with van der Waals surface area (Å²) in [6.45, 7) is 0. The molecular formula is C15H10Cl2F2O. The molecule has 0 heterocycles. The van der Waals surface area contributed by atoms with Crippen LogP contribution in [0.2, 0.25) is 10.0 Å². The second-order valence-corrected chi connectivity index (χ2v) is 5.16. The molecule has 2 rings (SSSR count). The van der Waals surface area contributed by atoms with Crippen LogP contribution in [0.1, 0.15) is 11.1 Å². The quantitative estimate of drug-likeness (QED) is 0.804. The van der Waals surface area contributed by atoms with Gasteiger partial charge in [0.1, 0.15) is 17.4 Å². The number of halogens is 4. The van der Waals surface area contributed by atoms with Crippen molar-refractivity contribution in [2.45, 2.75) is 12.8 Å². The topological polar surface area (TPSA) is 17.1 Å². The van der Waals surface area contributed by atoms with Crippen molar-refractivity contribution >= 4 is 29.0 Å². The van der Waals surface area contributed by atoms with Gasteiger partial charge in [0.25, 0.3) is 0 Å². The summed E-state index contributed by atoms with van der Waals surface area (Å²) in [6, 6.07) is 8.33. The van der Waals surface area contributed by atoms with Crippen LogP contribution in [-0.2, 0) is 17.6 Å². The summed E-state index contributed by atoms with van der Waals surface area (Å²) >= 11 is 11.6. The van der Waals surface area contributed by atoms with E-state index < -0.39 is 11.6 Å². The number of Topliss-reactive ketones (excluding diaryl/α,β-unsaturated/α-hetero) is 1. The molecule has 0 bridgehead atoms. The van der Waals surface area contributed by atoms with Crippen LogP contribution in [0.15, 0.2) is 36.4 Å². The van der Waals surface area contributed by atoms with Gasteiger partial charge in [0.2, 0.25) is 0 Å². The largest absolute Gasteiger partial charge is 0.299 e. The van der Waals surface area contributed by atoms with Gasteiger partial charge in [0.05, 0.1) is 10.0 Å². The normalized spacial score (nSPS) is 10.6. The first-order valence-corrected chi connectivity index (χ1v) is 6.61. The van der Waals surface area contributed by atoms with Crippen LogP contribution in [-0.4, -0.2) is 5.78 Å². The van der Waals surface area contributed by atoms with Gasteiger partial charge in [-0.1, -0.05) is 35.3 Å². The van der Waals surface area contributed by atoms with E-state index >= 15 is 0 Å². The van der Waals surface area contributed by atoms with E-state index in [1.807, 2.05) is 0 Å². The number of ketones is 1. The van der Waals surface area contributed by atoms with Crippen molar-refractivity contribution in [3.63, 3.8) is 0 Å². The number of benzene rings is 2. The summed E-state index contributed by atoms with van der Waals surface area (Å²) in [5, 5.41) is 0.733. The van der Waals surface area contributed by atoms with Crippen molar-refractivity contribution in [2.75, 3.05) is 0 Å². The smallest absolute Gasteiger partial charge is 0.141 e. The molecule has 104 valence electrons. The summed E-state index contributed by atoms with van der Waals surface area (Å²) < 4.78 is 26.9. The fourth-order valence-electron chi connectivity index (χ4n) is 1.84. The third-order valence-corrected chi connectivity index (χ3v) is 3.56. The maximum absolute atomic E-state index is 13.4. The third kappa shape index (κ3) is 3.56. The number of carbonyl (C=O) groups is 1. The summed E-state index contributed by atoms with van der Waals surface area (Å²) in [5.41, 5.74) is 0.443. The number of carbonyl (C=O) groups excluding carboxylic acids is 1. The lowest BCUT2D eigenvalue weighted by molar-refractivity contribution is -0.117. The van der Waals surface area contributed by atoms with Crippen molar-refractivity contribution in [1.29, 1.82) is 0 Å². The third-order valence-electron chi connectivity index (χ3n) is 2.82. The van der Waals surface area contributed by atoms with E-state index in [4.69, 9.17) is 23.2 Å². The molecular weight excluding hydrogens is 305 g/mol. The summed E-state index contributed by atoms with van der Waals surface area (Å²) in [7, 11) is 0. The minimum atomic E-state index is -0.715. The van der Waals surface area contributed by atoms with E-state index in [0.29, 0.717) is 15.6 Å². The van der Waals surface area contributed by atoms with Crippen molar-refractivity contribution < 1.29 is 13.6 Å². The SMILES string of the molecule is O=C(Cc1ccc(Cl)c(Cl)c1)Cc1c(F)cccc1F. The van der Waals surface area contributed by atoms with Crippen LogP contribution in [0, 0.1) is 11.6 Å². The maximum atomic E-state index is 13.4. The highest BCUT2D eigenvalue weighted by atomic mass is 35.5. The first-order chi connectivity index (χ1) is 9.47. The Bertz CT molecular complexity index is 636. The van der Waals surface area contributed by atoms with E-state index in [1.165, 1.54) is 6.07 Å². The standard InChI is InChI=1S/C15H10Cl2F2O/c16-12-5-4-9(7-13(12)17)6-10(20)8-11-14(18)2-1-3-15(11)19/h1-5,7H,6,8H2. The molecule has 0 unspecified atom stereocenters. The van der Waals surface area contributed by atoms with Crippen LogP contribution in [0.5, 0.6) is 0 Å². The Balaban J connectivity index is 2.11. The molecule has 1 nitrogen and oxygen atoms in total. The molecule has 0 aliphatic heterocycles. The average molecular weight is 315 g/mol. The molecule has 2 aromatic carbocycles. The first-order valence-electron chi connectivity index (χ1n) is 5.86. The van der Waals surface area contributed by atoms with Crippen molar-refractivity contribution in [1.82, 2.24) is 0 Å². The fourth-order valence-corrected chi connectivity index (χ4v) is 2.16. The molecule has 0 radical (unpaired) electrons. The average Bonchev–Trinajstić information content (AvgIpc) is 2.38. The number of hydrogen-bond acceptors (Lipinski definition) is 1. The van der Waals surface area contributed by atoms with Crippen molar-refractivity contribution in [2.24, 2.45) is 0 Å². The Labute approximate surface area is 125 Å². The Morgan fingerprint density at radius 3 is 2.20 bits per heavy atom. The molecule has 0 amide bonds. The molecule has 5 heteroatoms. The molecule has 0 spiro atoms. The van der Waals surface area contributed by atoms with Crippen LogP contribution < -0.4 is 0 Å². The predicted molar refractivity (Wildman–Crippen MR) is 75.2 cm³/mol. The van der Waals surface area contributed by atoms with E-state index in [0.717, 1.165) is 12.1 Å². The molecule has 0 N–H and O–H groups in total. The monoisotopic (exact) mass is 314 g/mol. The Hall–Kier alpha value is -1.45. The fraction of sp³-hybridized carbons (Fsp3) is 0.133. The van der Waals surface area contributed by atoms with Gasteiger partial charge in [-0.25, -0.2) is 8.78 Å². The molecule has 0 atom stereocenters. The molecule has 2 aromatic rings. The zero-order valence-electron chi connectivity index (χ0n) is 10.3. The highest BCUT2D eigenvalue weighted by Gasteiger charge is 2.13. The summed E-state index contributed by atoms with van der Waals surface area (Å²) in [4.78, 5) is 11.9. The van der Waals surface area contributed by atoms with Gasteiger partial charge in [0.15, 0.2) is 0 Å². The summed E-state index contributed by atoms with van der Waals surface area (Å²) in [5.74, 6) is -1.73. The molecule has 0 aliphatic carbocycles. The first kappa shape index (κ1) is 14.9. The van der Waals surface area contributed by atoms with Gasteiger partial charge in [0, 0.05) is 18.4 Å². The van der Waals surface area contributed by atoms with E-state index in [2.05, 4.69) is 0 Å². The van der Waals surface area contributed by atoms with Gasteiger partial charge in [-0.15, -0.1) is 0 Å². The van der Waals surface area contributed by atoms with Gasteiger partial charge in [-0.2, -0.15) is 0 Å². The molecule has 20 heavy (non-hydrogen) atoms. The highest BCUT2D eigenvalue weighted by molar-refractivity contribution is 6.42. The van der Waals surface area contributed by atoms with Gasteiger partial charge >= 0.3 is 0 Å². The molecule has 0 fully saturated rings. The number of hydrogen-bond donors (Lipinski definition) is 0. The van der Waals surface area contributed by atoms with Crippen LogP contribution >= 0.6 is 23.2 Å². The zero-order chi connectivity index (χ0) is 14.7. The Morgan fingerprint density at radius 2 is 1.60 bits per heavy atom. The van der Waals surface area contributed by atoms with E-state index in [-0.39, 0.29) is 24.2 Å². The summed E-state index contributed by atoms with van der Waals surface area (Å²) in [6.07, 6.45) is -0.247. The van der Waals surface area contributed by atoms with Crippen molar-refractivity contribution in [3.8, 4) is 0 Å². The lowest BCUT2D eigenvalue weighted by Gasteiger charge is -2.05. The second kappa shape index (κ2) is 6.33. The predicted octanol–water partition coefficient (Wildman–Crippen LogP) is 4.63. The van der Waals surface area contributed by atoms with Gasteiger partial charge in [-0.05, 0) is 29.8 Å². The van der Waals surface area contributed by atoms with Crippen LogP contribution in [0.3, 0.4) is 0 Å². The zero-order valence-corrected chi connectivity index (χ0v) is 11.8. The lowest BCUT2D eigenvalue weighted by atomic mass is 10.0. The molecule has 0 aromatic heterocycles. The van der Waals surface area contributed by atoms with Gasteiger partial charge < -0.3 is 0 Å². The minimum absolute atomic E-state index is 0.0463. The Kier molecular flexibility index (Phi) is 4.73. The van der Waals surface area contributed by atoms with E-state index in [9.17, 15) is 13.6 Å². The molecule has 0 saturated carbocycles. The van der Waals surface area contributed by atoms with Crippen LogP contribution in [0.4, 0.5) is 8.78 Å². The Morgan fingerprint density at radius 1 is 0.950 bits per heavy atom. The van der Waals surface area contributed by atoms with E-state index in [1.54, 1.807) is 18.2 Å². The second-order valence-electron chi connectivity index (χ2n) is 4.34. The maximum Gasteiger partial charge on any atom is 0.141 e. The minimum Gasteiger partial charge on any atom is -0.299 e. The lowest BCUT2D eigenvalue weighted by Crippen LogP contribution is -2.09.